The van der Waals surface area contributed by atoms with Crippen LogP contribution in [0.25, 0.3) is 0 Å². The summed E-state index contributed by atoms with van der Waals surface area (Å²) in [6, 6.07) is 4.71. The summed E-state index contributed by atoms with van der Waals surface area (Å²) < 4.78 is 16.8. The maximum atomic E-state index is 12.6. The lowest BCUT2D eigenvalue weighted by molar-refractivity contribution is -0.124. The first-order valence-corrected chi connectivity index (χ1v) is 10.6. The van der Waals surface area contributed by atoms with Gasteiger partial charge in [0.15, 0.2) is 0 Å². The topological polar surface area (TPSA) is 129 Å². The van der Waals surface area contributed by atoms with Gasteiger partial charge >= 0.3 is 0 Å². The molecule has 0 aliphatic carbocycles. The summed E-state index contributed by atoms with van der Waals surface area (Å²) in [5.74, 6) is 0.489. The Morgan fingerprint density at radius 1 is 1.21 bits per heavy atom. The molecular weight excluding hydrogens is 436 g/mol. The van der Waals surface area contributed by atoms with Crippen molar-refractivity contribution in [2.24, 2.45) is 16.5 Å². The minimum atomic E-state index is -0.586. The number of nitrogens with zero attached hydrogens (tertiary/aromatic N) is 2. The van der Waals surface area contributed by atoms with Crippen molar-refractivity contribution in [1.29, 1.82) is 0 Å². The molecule has 9 heteroatoms. The van der Waals surface area contributed by atoms with Crippen molar-refractivity contribution in [1.82, 2.24) is 4.90 Å². The van der Waals surface area contributed by atoms with Crippen molar-refractivity contribution in [2.75, 3.05) is 27.8 Å². The molecule has 0 fully saturated rings. The van der Waals surface area contributed by atoms with Gasteiger partial charge in [-0.15, -0.1) is 6.58 Å². The van der Waals surface area contributed by atoms with Gasteiger partial charge in [0, 0.05) is 38.4 Å². The summed E-state index contributed by atoms with van der Waals surface area (Å²) in [4.78, 5) is 30.2. The molecule has 34 heavy (non-hydrogen) atoms. The van der Waals surface area contributed by atoms with E-state index in [0.29, 0.717) is 35.9 Å². The first-order chi connectivity index (χ1) is 16.1. The van der Waals surface area contributed by atoms with Gasteiger partial charge in [-0.05, 0) is 56.8 Å². The molecule has 184 valence electrons. The zero-order chi connectivity index (χ0) is 25.7. The number of ether oxygens (including phenoxy) is 3. The number of methoxy groups -OCH3 is 1. The van der Waals surface area contributed by atoms with Crippen LogP contribution in [0.1, 0.15) is 30.6 Å². The number of benzene rings is 1. The van der Waals surface area contributed by atoms with Crippen LogP contribution in [0.5, 0.6) is 11.5 Å². The summed E-state index contributed by atoms with van der Waals surface area (Å²) in [6.45, 7) is 7.61. The van der Waals surface area contributed by atoms with E-state index in [0.717, 1.165) is 0 Å². The van der Waals surface area contributed by atoms with Crippen LogP contribution in [0.2, 0.25) is 0 Å². The van der Waals surface area contributed by atoms with Crippen LogP contribution in [0.3, 0.4) is 0 Å². The molecule has 1 aromatic rings. The summed E-state index contributed by atoms with van der Waals surface area (Å²) in [6.07, 6.45) is 7.65. The van der Waals surface area contributed by atoms with Gasteiger partial charge in [-0.2, -0.15) is 4.99 Å². The number of likely N-dealkylation sites (N-methyl/N-ethyl adjacent to an activating group) is 1. The molecule has 9 nitrogen and oxygen atoms in total. The highest BCUT2D eigenvalue weighted by atomic mass is 16.5. The Hall–Kier alpha value is -3.85. The van der Waals surface area contributed by atoms with Crippen molar-refractivity contribution in [3.05, 3.63) is 72.2 Å². The largest absolute Gasteiger partial charge is 0.488 e. The molecule has 4 N–H and O–H groups in total. The normalized spacial score (nSPS) is 13.5. The zero-order valence-corrected chi connectivity index (χ0v) is 20.4. The molecule has 0 aliphatic rings. The molecule has 0 saturated heterocycles. The van der Waals surface area contributed by atoms with Gasteiger partial charge in [-0.3, -0.25) is 9.59 Å². The van der Waals surface area contributed by atoms with Crippen LogP contribution in [0.15, 0.2) is 71.6 Å². The lowest BCUT2D eigenvalue weighted by Gasteiger charge is -2.16. The molecule has 1 unspecified atom stereocenters. The quantitative estimate of drug-likeness (QED) is 0.120. The molecular formula is C25H34N4O5. The maximum absolute atomic E-state index is 12.6. The summed E-state index contributed by atoms with van der Waals surface area (Å²) >= 11 is 0. The summed E-state index contributed by atoms with van der Waals surface area (Å²) in [7, 11) is 4.93. The van der Waals surface area contributed by atoms with Gasteiger partial charge in [0.1, 0.15) is 29.2 Å². The van der Waals surface area contributed by atoms with E-state index in [1.807, 2.05) is 6.92 Å². The molecule has 1 aromatic carbocycles. The summed E-state index contributed by atoms with van der Waals surface area (Å²) in [5, 5.41) is 0. The minimum Gasteiger partial charge on any atom is -0.488 e. The number of nitrogens with two attached hydrogens (primary N) is 2. The van der Waals surface area contributed by atoms with Crippen molar-refractivity contribution in [3.8, 4) is 11.5 Å². The fourth-order valence-electron chi connectivity index (χ4n) is 2.75. The van der Waals surface area contributed by atoms with Gasteiger partial charge < -0.3 is 30.6 Å². The van der Waals surface area contributed by atoms with E-state index in [4.69, 9.17) is 25.7 Å². The van der Waals surface area contributed by atoms with Gasteiger partial charge in [0.25, 0.3) is 5.91 Å². The Morgan fingerprint density at radius 2 is 1.88 bits per heavy atom. The molecule has 0 saturated carbocycles. The van der Waals surface area contributed by atoms with Crippen LogP contribution >= 0.6 is 0 Å². The highest BCUT2D eigenvalue weighted by Crippen LogP contribution is 2.26. The number of hydrogen-bond donors (Lipinski definition) is 2. The Morgan fingerprint density at radius 3 is 2.47 bits per heavy atom. The number of carbonyl (C=O) groups excluding carboxylic acids is 2. The maximum Gasteiger partial charge on any atom is 0.279 e. The third-order valence-corrected chi connectivity index (χ3v) is 4.21. The molecule has 0 aliphatic heterocycles. The van der Waals surface area contributed by atoms with Gasteiger partial charge in [-0.1, -0.05) is 6.08 Å². The number of hydrogen-bond acceptors (Lipinski definition) is 6. The Balaban J connectivity index is 3.31. The third-order valence-electron chi connectivity index (χ3n) is 4.21. The highest BCUT2D eigenvalue weighted by Gasteiger charge is 2.13. The van der Waals surface area contributed by atoms with Crippen molar-refractivity contribution in [3.63, 3.8) is 0 Å². The fourth-order valence-corrected chi connectivity index (χ4v) is 2.75. The van der Waals surface area contributed by atoms with Crippen LogP contribution in [0.4, 0.5) is 0 Å². The number of rotatable bonds is 12. The summed E-state index contributed by atoms with van der Waals surface area (Å²) in [5.41, 5.74) is 11.7. The SMILES string of the molecule is C=CC/C(=C\C=C(/C)Oc1cc(OC(C)COC)cc(C(=O)N=C(N)/C=C\N)c1)C(=O)N(C)C. The van der Waals surface area contributed by atoms with Crippen molar-refractivity contribution in [2.45, 2.75) is 26.4 Å². The fraction of sp³-hybridized carbons (Fsp3) is 0.320. The second kappa shape index (κ2) is 14.3. The Bertz CT molecular complexity index is 993. The predicted molar refractivity (Wildman–Crippen MR) is 134 cm³/mol. The molecule has 0 heterocycles. The van der Waals surface area contributed by atoms with E-state index in [9.17, 15) is 9.59 Å². The zero-order valence-electron chi connectivity index (χ0n) is 20.4. The number of carbonyl (C=O) groups is 2. The van der Waals surface area contributed by atoms with E-state index < -0.39 is 5.91 Å². The number of aliphatic imine (C=N–C) groups is 1. The Kier molecular flexibility index (Phi) is 11.9. The molecule has 0 spiro atoms. The molecule has 1 rings (SSSR count). The van der Waals surface area contributed by atoms with E-state index in [1.165, 1.54) is 23.2 Å². The van der Waals surface area contributed by atoms with Gasteiger partial charge in [0.05, 0.1) is 6.61 Å². The Labute approximate surface area is 201 Å². The van der Waals surface area contributed by atoms with Crippen LogP contribution in [0, 0.1) is 0 Å². The van der Waals surface area contributed by atoms with Gasteiger partial charge in [-0.25, -0.2) is 0 Å². The molecule has 2 amide bonds. The van der Waals surface area contributed by atoms with Crippen LogP contribution in [-0.4, -0.2) is 56.5 Å². The minimum absolute atomic E-state index is 0.0319. The molecule has 0 aromatic heterocycles. The lowest BCUT2D eigenvalue weighted by Crippen LogP contribution is -2.23. The van der Waals surface area contributed by atoms with Crippen molar-refractivity contribution < 1.29 is 23.8 Å². The average Bonchev–Trinajstić information content (AvgIpc) is 2.76. The van der Waals surface area contributed by atoms with Crippen LogP contribution < -0.4 is 20.9 Å². The smallest absolute Gasteiger partial charge is 0.279 e. The number of amidine groups is 1. The average molecular weight is 471 g/mol. The highest BCUT2D eigenvalue weighted by molar-refractivity contribution is 6.06. The monoisotopic (exact) mass is 470 g/mol. The van der Waals surface area contributed by atoms with E-state index in [-0.39, 0.29) is 23.4 Å². The molecule has 0 radical (unpaired) electrons. The number of amides is 2. The second-order valence-electron chi connectivity index (χ2n) is 7.54. The third kappa shape index (κ3) is 9.74. The lowest BCUT2D eigenvalue weighted by atomic mass is 10.1. The first kappa shape index (κ1) is 28.2. The predicted octanol–water partition coefficient (Wildman–Crippen LogP) is 2.94. The van der Waals surface area contributed by atoms with Crippen molar-refractivity contribution >= 4 is 17.6 Å². The second-order valence-corrected chi connectivity index (χ2v) is 7.54. The molecule has 0 bridgehead atoms. The number of allylic oxidation sites excluding steroid dienone is 4. The standard InChI is InChI=1S/C25H34N4O5/c1-7-8-19(25(31)29(4)5)10-9-17(2)33-21-13-20(24(30)28-23(27)11-12-26)14-22(15-21)34-18(3)16-32-6/h7,9-15,18H,1,8,16,26H2,2-6H3,(H2,27,28,30)/b12-11-,17-9+,19-10+. The van der Waals surface area contributed by atoms with Crippen LogP contribution in [-0.2, 0) is 9.53 Å². The van der Waals surface area contributed by atoms with E-state index >= 15 is 0 Å². The first-order valence-electron chi connectivity index (χ1n) is 10.6. The molecule has 1 atom stereocenters. The van der Waals surface area contributed by atoms with Gasteiger partial charge in [0.2, 0.25) is 5.91 Å². The van der Waals surface area contributed by atoms with E-state index in [2.05, 4.69) is 11.6 Å². The van der Waals surface area contributed by atoms with E-state index in [1.54, 1.807) is 58.5 Å².